The first-order valence-corrected chi connectivity index (χ1v) is 10.9. The van der Waals surface area contributed by atoms with Gasteiger partial charge >= 0.3 is 0 Å². The molecule has 1 aromatic heterocycles. The molecule has 1 unspecified atom stereocenters. The fourth-order valence-electron chi connectivity index (χ4n) is 4.02. The molecular formula is C17H27N5O3S. The van der Waals surface area contributed by atoms with Crippen molar-refractivity contribution in [3.8, 4) is 0 Å². The van der Waals surface area contributed by atoms with Gasteiger partial charge in [-0.25, -0.2) is 13.1 Å². The Morgan fingerprint density at radius 1 is 1.23 bits per heavy atom. The van der Waals surface area contributed by atoms with Crippen molar-refractivity contribution in [2.24, 2.45) is 11.8 Å². The standard InChI is InChI=1S/C17H27N5O3S/c1-12-7-19-15(8-18-12)11-22-9-13-3-4-14(10-22)17(13)21-16(23)5-6-20-26(2,24)25/h7-8,13-14,17,20H,3-6,9-11H2,1-2H3,(H,21,23)/t13-,14+,17?. The van der Waals surface area contributed by atoms with Crippen molar-refractivity contribution in [1.29, 1.82) is 0 Å². The zero-order valence-electron chi connectivity index (χ0n) is 15.3. The molecule has 1 amide bonds. The minimum absolute atomic E-state index is 0.0825. The summed E-state index contributed by atoms with van der Waals surface area (Å²) in [6.07, 6.45) is 7.13. The summed E-state index contributed by atoms with van der Waals surface area (Å²) in [4.78, 5) is 23.3. The second-order valence-electron chi connectivity index (χ2n) is 7.45. The molecule has 2 fully saturated rings. The van der Waals surface area contributed by atoms with E-state index < -0.39 is 10.0 Å². The van der Waals surface area contributed by atoms with Crippen LogP contribution < -0.4 is 10.0 Å². The highest BCUT2D eigenvalue weighted by atomic mass is 32.2. The second kappa shape index (κ2) is 7.98. The molecule has 0 spiro atoms. The summed E-state index contributed by atoms with van der Waals surface area (Å²) in [6, 6.07) is 0.195. The van der Waals surface area contributed by atoms with Crippen molar-refractivity contribution in [1.82, 2.24) is 24.9 Å². The van der Waals surface area contributed by atoms with Gasteiger partial charge in [-0.1, -0.05) is 0 Å². The van der Waals surface area contributed by atoms with Gasteiger partial charge in [0.25, 0.3) is 0 Å². The van der Waals surface area contributed by atoms with E-state index in [0.717, 1.165) is 50.1 Å². The maximum atomic E-state index is 12.1. The Labute approximate surface area is 154 Å². The van der Waals surface area contributed by atoms with Crippen molar-refractivity contribution in [3.63, 3.8) is 0 Å². The summed E-state index contributed by atoms with van der Waals surface area (Å²) < 4.78 is 24.5. The minimum Gasteiger partial charge on any atom is -0.353 e. The molecule has 1 aromatic rings. The number of aromatic nitrogens is 2. The second-order valence-corrected chi connectivity index (χ2v) is 9.28. The number of nitrogens with one attached hydrogen (secondary N) is 2. The monoisotopic (exact) mass is 381 g/mol. The molecule has 2 heterocycles. The van der Waals surface area contributed by atoms with Gasteiger partial charge in [0.1, 0.15) is 0 Å². The van der Waals surface area contributed by atoms with E-state index in [1.165, 1.54) is 0 Å². The van der Waals surface area contributed by atoms with Crippen LogP contribution in [-0.4, -0.2) is 61.1 Å². The molecule has 2 aliphatic rings. The number of piperidine rings is 1. The molecule has 1 saturated carbocycles. The summed E-state index contributed by atoms with van der Waals surface area (Å²) >= 11 is 0. The van der Waals surface area contributed by atoms with Crippen LogP contribution in [0.3, 0.4) is 0 Å². The van der Waals surface area contributed by atoms with E-state index in [1.54, 1.807) is 6.20 Å². The lowest BCUT2D eigenvalue weighted by Crippen LogP contribution is -2.52. The predicted octanol–water partition coefficient (Wildman–Crippen LogP) is 0.0509. The third-order valence-electron chi connectivity index (χ3n) is 5.17. The average molecular weight is 382 g/mol. The minimum atomic E-state index is -3.25. The molecule has 2 N–H and O–H groups in total. The number of aryl methyl sites for hydroxylation is 1. The largest absolute Gasteiger partial charge is 0.353 e. The molecule has 26 heavy (non-hydrogen) atoms. The molecule has 8 nitrogen and oxygen atoms in total. The molecule has 1 aliphatic heterocycles. The van der Waals surface area contributed by atoms with Crippen LogP contribution in [0.1, 0.15) is 30.7 Å². The molecular weight excluding hydrogens is 354 g/mol. The van der Waals surface area contributed by atoms with Crippen molar-refractivity contribution < 1.29 is 13.2 Å². The Hall–Kier alpha value is -1.58. The highest BCUT2D eigenvalue weighted by Crippen LogP contribution is 2.37. The smallest absolute Gasteiger partial charge is 0.221 e. The number of sulfonamides is 1. The van der Waals surface area contributed by atoms with E-state index in [4.69, 9.17) is 0 Å². The van der Waals surface area contributed by atoms with Crippen LogP contribution in [0.4, 0.5) is 0 Å². The van der Waals surface area contributed by atoms with Gasteiger partial charge in [-0.2, -0.15) is 0 Å². The quantitative estimate of drug-likeness (QED) is 0.692. The van der Waals surface area contributed by atoms with Crippen molar-refractivity contribution in [3.05, 3.63) is 23.8 Å². The summed E-state index contributed by atoms with van der Waals surface area (Å²) in [5.41, 5.74) is 1.89. The topological polar surface area (TPSA) is 104 Å². The van der Waals surface area contributed by atoms with E-state index in [-0.39, 0.29) is 24.9 Å². The van der Waals surface area contributed by atoms with Crippen molar-refractivity contribution >= 4 is 15.9 Å². The van der Waals surface area contributed by atoms with E-state index in [9.17, 15) is 13.2 Å². The average Bonchev–Trinajstić information content (AvgIpc) is 2.78. The van der Waals surface area contributed by atoms with E-state index >= 15 is 0 Å². The van der Waals surface area contributed by atoms with Crippen LogP contribution in [0.5, 0.6) is 0 Å². The van der Waals surface area contributed by atoms with Gasteiger partial charge in [0, 0.05) is 51.0 Å². The van der Waals surface area contributed by atoms with Crippen LogP contribution in [0.25, 0.3) is 0 Å². The number of nitrogens with zero attached hydrogens (tertiary/aromatic N) is 3. The SMILES string of the molecule is Cc1cnc(CN2C[C@H]3CC[C@@H](C2)C3NC(=O)CCNS(C)(=O)=O)cn1. The summed E-state index contributed by atoms with van der Waals surface area (Å²) in [6.45, 7) is 4.75. The Morgan fingerprint density at radius 2 is 1.92 bits per heavy atom. The number of hydrogen-bond donors (Lipinski definition) is 2. The first-order valence-electron chi connectivity index (χ1n) is 9.04. The zero-order chi connectivity index (χ0) is 18.7. The molecule has 0 aromatic carbocycles. The van der Waals surface area contributed by atoms with Crippen LogP contribution in [0.2, 0.25) is 0 Å². The highest BCUT2D eigenvalue weighted by Gasteiger charge is 2.42. The van der Waals surface area contributed by atoms with E-state index in [1.807, 2.05) is 13.1 Å². The van der Waals surface area contributed by atoms with Gasteiger partial charge in [-0.05, 0) is 31.6 Å². The molecule has 3 atom stereocenters. The van der Waals surface area contributed by atoms with Gasteiger partial charge < -0.3 is 5.32 Å². The number of carbonyl (C=O) groups is 1. The Balaban J connectivity index is 1.49. The first kappa shape index (κ1) is 19.2. The number of carbonyl (C=O) groups excluding carboxylic acids is 1. The van der Waals surface area contributed by atoms with Gasteiger partial charge in [-0.15, -0.1) is 0 Å². The summed E-state index contributed by atoms with van der Waals surface area (Å²) in [5.74, 6) is 0.804. The third kappa shape index (κ3) is 5.21. The normalized spacial score (nSPS) is 26.0. The first-order chi connectivity index (χ1) is 12.3. The Kier molecular flexibility index (Phi) is 5.89. The van der Waals surface area contributed by atoms with Crippen LogP contribution in [0.15, 0.2) is 12.4 Å². The lowest BCUT2D eigenvalue weighted by Gasteiger charge is -2.38. The summed E-state index contributed by atoms with van der Waals surface area (Å²) in [7, 11) is -3.25. The fraction of sp³-hybridized carbons (Fsp3) is 0.706. The molecule has 9 heteroatoms. The number of likely N-dealkylation sites (tertiary alicyclic amines) is 1. The third-order valence-corrected chi connectivity index (χ3v) is 5.90. The fourth-order valence-corrected chi connectivity index (χ4v) is 4.50. The maximum Gasteiger partial charge on any atom is 0.221 e. The lowest BCUT2D eigenvalue weighted by atomic mass is 9.92. The molecule has 1 saturated heterocycles. The Morgan fingerprint density at radius 3 is 2.50 bits per heavy atom. The highest BCUT2D eigenvalue weighted by molar-refractivity contribution is 7.88. The van der Waals surface area contributed by atoms with Gasteiger partial charge in [0.2, 0.25) is 15.9 Å². The number of hydrogen-bond acceptors (Lipinski definition) is 6. The molecule has 2 bridgehead atoms. The Bertz CT molecular complexity index is 723. The lowest BCUT2D eigenvalue weighted by molar-refractivity contribution is -0.122. The number of fused-ring (bicyclic) bond motifs is 2. The summed E-state index contributed by atoms with van der Waals surface area (Å²) in [5, 5.41) is 3.13. The van der Waals surface area contributed by atoms with Crippen molar-refractivity contribution in [2.45, 2.75) is 38.8 Å². The van der Waals surface area contributed by atoms with Crippen LogP contribution >= 0.6 is 0 Å². The van der Waals surface area contributed by atoms with Gasteiger partial charge in [0.05, 0.1) is 17.6 Å². The van der Waals surface area contributed by atoms with Crippen molar-refractivity contribution in [2.75, 3.05) is 25.9 Å². The van der Waals surface area contributed by atoms with Gasteiger partial charge in [-0.3, -0.25) is 19.7 Å². The van der Waals surface area contributed by atoms with E-state index in [0.29, 0.717) is 11.8 Å². The number of rotatable bonds is 7. The zero-order valence-corrected chi connectivity index (χ0v) is 16.1. The molecule has 144 valence electrons. The van der Waals surface area contributed by atoms with Crippen LogP contribution in [-0.2, 0) is 21.4 Å². The van der Waals surface area contributed by atoms with Gasteiger partial charge in [0.15, 0.2) is 0 Å². The molecule has 1 aliphatic carbocycles. The van der Waals surface area contributed by atoms with Crippen LogP contribution in [0, 0.1) is 18.8 Å². The molecule has 0 radical (unpaired) electrons. The molecule has 3 rings (SSSR count). The predicted molar refractivity (Wildman–Crippen MR) is 97.7 cm³/mol. The number of amides is 1. The van der Waals surface area contributed by atoms with E-state index in [2.05, 4.69) is 24.9 Å². The maximum absolute atomic E-state index is 12.1.